The lowest BCUT2D eigenvalue weighted by atomic mass is 9.84. The van der Waals surface area contributed by atoms with Crippen LogP contribution in [0.3, 0.4) is 0 Å². The molecule has 0 amide bonds. The van der Waals surface area contributed by atoms with E-state index in [2.05, 4.69) is 0 Å². The number of rotatable bonds is 6. The van der Waals surface area contributed by atoms with Gasteiger partial charge in [-0.25, -0.2) is 0 Å². The van der Waals surface area contributed by atoms with E-state index in [0.717, 1.165) is 11.9 Å². The topological polar surface area (TPSA) is 60.4 Å². The van der Waals surface area contributed by atoms with Crippen LogP contribution in [0, 0.1) is 5.41 Å². The van der Waals surface area contributed by atoms with Gasteiger partial charge < -0.3 is 4.74 Å². The highest BCUT2D eigenvalue weighted by Crippen LogP contribution is 2.25. The molecule has 0 heterocycles. The quantitative estimate of drug-likeness (QED) is 0.456. The van der Waals surface area contributed by atoms with Crippen LogP contribution < -0.4 is 0 Å². The fraction of sp³-hybridized carbons (Fsp3) is 0.526. The van der Waals surface area contributed by atoms with Crippen LogP contribution in [-0.4, -0.2) is 31.0 Å². The molecule has 1 rings (SSSR count). The van der Waals surface area contributed by atoms with Crippen molar-refractivity contribution in [1.82, 2.24) is 0 Å². The van der Waals surface area contributed by atoms with Gasteiger partial charge in [-0.2, -0.15) is 0 Å². The van der Waals surface area contributed by atoms with E-state index in [-0.39, 0.29) is 18.0 Å². The molecule has 0 unspecified atom stereocenters. The molecule has 0 spiro atoms. The van der Waals surface area contributed by atoms with Crippen molar-refractivity contribution < 1.29 is 19.1 Å². The van der Waals surface area contributed by atoms with E-state index in [9.17, 15) is 14.4 Å². The zero-order valence-corrected chi connectivity index (χ0v) is 15.5. The van der Waals surface area contributed by atoms with Crippen LogP contribution in [0.5, 0.6) is 0 Å². The minimum atomic E-state index is -1.29. The molecular formula is C19H27BO4. The van der Waals surface area contributed by atoms with Gasteiger partial charge in [-0.15, -0.1) is 0 Å². The van der Waals surface area contributed by atoms with Gasteiger partial charge in [0.1, 0.15) is 5.41 Å². The Morgan fingerprint density at radius 2 is 1.50 bits per heavy atom. The van der Waals surface area contributed by atoms with Crippen molar-refractivity contribution >= 4 is 25.4 Å². The number of carbonyl (C=O) groups is 3. The van der Waals surface area contributed by atoms with E-state index in [0.29, 0.717) is 0 Å². The number of hydrogen-bond donors (Lipinski definition) is 0. The predicted molar refractivity (Wildman–Crippen MR) is 96.0 cm³/mol. The fourth-order valence-electron chi connectivity index (χ4n) is 1.55. The highest BCUT2D eigenvalue weighted by molar-refractivity contribution is 6.08. The van der Waals surface area contributed by atoms with Crippen molar-refractivity contribution in [3.63, 3.8) is 0 Å². The molecule has 0 saturated heterocycles. The summed E-state index contributed by atoms with van der Waals surface area (Å²) in [5.41, 5.74) is -1.67. The van der Waals surface area contributed by atoms with Gasteiger partial charge in [-0.1, -0.05) is 43.6 Å². The molecule has 0 bridgehead atoms. The summed E-state index contributed by atoms with van der Waals surface area (Å²) in [7, 11) is 4.85. The summed E-state index contributed by atoms with van der Waals surface area (Å²) in [6, 6.07) is 9.21. The lowest BCUT2D eigenvalue weighted by Gasteiger charge is -2.28. The van der Waals surface area contributed by atoms with Gasteiger partial charge in [0.25, 0.3) is 0 Å². The highest BCUT2D eigenvalue weighted by atomic mass is 16.6. The Balaban J connectivity index is 0.00000163. The van der Waals surface area contributed by atoms with Crippen molar-refractivity contribution in [2.24, 2.45) is 5.41 Å². The zero-order chi connectivity index (χ0) is 19.0. The van der Waals surface area contributed by atoms with Gasteiger partial charge in [-0.05, 0) is 40.2 Å². The van der Waals surface area contributed by atoms with Crippen molar-refractivity contribution in [2.45, 2.75) is 59.9 Å². The predicted octanol–water partition coefficient (Wildman–Crippen LogP) is 3.33. The number of ether oxygens (including phenoxy) is 1. The molecule has 0 aliphatic heterocycles. The zero-order valence-electron chi connectivity index (χ0n) is 15.5. The van der Waals surface area contributed by atoms with Crippen LogP contribution in [-0.2, 0) is 25.5 Å². The molecule has 24 heavy (non-hydrogen) atoms. The number of ketones is 2. The second kappa shape index (κ2) is 9.41. The van der Waals surface area contributed by atoms with Crippen molar-refractivity contribution in [3.05, 3.63) is 35.9 Å². The van der Waals surface area contributed by atoms with Crippen LogP contribution in [0.15, 0.2) is 30.3 Å². The number of benzene rings is 1. The average molecular weight is 330 g/mol. The van der Waals surface area contributed by atoms with Gasteiger partial charge in [-0.3, -0.25) is 14.4 Å². The van der Waals surface area contributed by atoms with E-state index in [1.54, 1.807) is 0 Å². The Hall–Kier alpha value is -1.91. The Morgan fingerprint density at radius 1 is 1.04 bits per heavy atom. The number of Topliss-reactive ketones (excluding diaryl/α,β-unsaturated/α-hetero) is 2. The molecule has 0 atom stereocenters. The third-order valence-electron chi connectivity index (χ3n) is 3.61. The SMILES string of the molecule is CC(=O)C(C)(C)OC(=O)C(C)(C)C(=O)Cc1ccccc1.[B]CC. The molecule has 4 nitrogen and oxygen atoms in total. The number of hydrogen-bond acceptors (Lipinski definition) is 4. The van der Waals surface area contributed by atoms with Gasteiger partial charge >= 0.3 is 5.97 Å². The average Bonchev–Trinajstić information content (AvgIpc) is 2.48. The second-order valence-corrected chi connectivity index (χ2v) is 6.57. The standard InChI is InChI=1S/C17H22O4.C2H5B/c1-12(18)17(4,5)21-15(20)16(2,3)14(19)11-13-9-7-6-8-10-13;1-2-3/h6-10H,11H2,1-5H3;2H2,1H3. The van der Waals surface area contributed by atoms with Gasteiger partial charge in [0.05, 0.1) is 7.85 Å². The van der Waals surface area contributed by atoms with Crippen LogP contribution in [0.2, 0.25) is 6.32 Å². The smallest absolute Gasteiger partial charge is 0.320 e. The van der Waals surface area contributed by atoms with Crippen molar-refractivity contribution in [3.8, 4) is 0 Å². The number of esters is 1. The van der Waals surface area contributed by atoms with Crippen LogP contribution in [0.4, 0.5) is 0 Å². The minimum absolute atomic E-state index is 0.156. The van der Waals surface area contributed by atoms with E-state index >= 15 is 0 Å². The molecular weight excluding hydrogens is 303 g/mol. The van der Waals surface area contributed by atoms with E-state index in [1.807, 2.05) is 37.3 Å². The summed E-state index contributed by atoms with van der Waals surface area (Å²) in [6.45, 7) is 9.34. The molecule has 0 N–H and O–H groups in total. The first-order chi connectivity index (χ1) is 11.0. The maximum absolute atomic E-state index is 12.3. The van der Waals surface area contributed by atoms with Crippen LogP contribution in [0.1, 0.15) is 47.1 Å². The summed E-state index contributed by atoms with van der Waals surface area (Å²) in [4.78, 5) is 36.0. The highest BCUT2D eigenvalue weighted by Gasteiger charge is 2.41. The molecule has 0 aliphatic rings. The first kappa shape index (κ1) is 22.1. The normalized spacial score (nSPS) is 11.1. The van der Waals surface area contributed by atoms with Crippen LogP contribution >= 0.6 is 0 Å². The molecule has 5 heteroatoms. The maximum Gasteiger partial charge on any atom is 0.320 e. The lowest BCUT2D eigenvalue weighted by Crippen LogP contribution is -2.43. The molecule has 2 radical (unpaired) electrons. The molecule has 1 aromatic rings. The van der Waals surface area contributed by atoms with E-state index in [4.69, 9.17) is 12.6 Å². The Bertz CT molecular complexity index is 562. The summed E-state index contributed by atoms with van der Waals surface area (Å²) in [6.07, 6.45) is 0.906. The first-order valence-corrected chi connectivity index (χ1v) is 8.00. The van der Waals surface area contributed by atoms with Gasteiger partial charge in [0, 0.05) is 6.42 Å². The molecule has 0 saturated carbocycles. The Labute approximate surface area is 146 Å². The van der Waals surface area contributed by atoms with E-state index in [1.165, 1.54) is 34.6 Å². The van der Waals surface area contributed by atoms with Crippen LogP contribution in [0.25, 0.3) is 0 Å². The Morgan fingerprint density at radius 3 is 1.92 bits per heavy atom. The minimum Gasteiger partial charge on any atom is -0.451 e. The summed E-state index contributed by atoms with van der Waals surface area (Å²) in [5, 5.41) is 0. The summed E-state index contributed by atoms with van der Waals surface area (Å²) in [5.74, 6) is -1.18. The van der Waals surface area contributed by atoms with Gasteiger partial charge in [0.15, 0.2) is 17.2 Å². The summed E-state index contributed by atoms with van der Waals surface area (Å²) < 4.78 is 5.21. The fourth-order valence-corrected chi connectivity index (χ4v) is 1.55. The molecule has 0 fully saturated rings. The summed E-state index contributed by atoms with van der Waals surface area (Å²) >= 11 is 0. The molecule has 130 valence electrons. The molecule has 0 aromatic heterocycles. The lowest BCUT2D eigenvalue weighted by molar-refractivity contribution is -0.173. The van der Waals surface area contributed by atoms with Crippen molar-refractivity contribution in [2.75, 3.05) is 0 Å². The third kappa shape index (κ3) is 6.69. The van der Waals surface area contributed by atoms with Gasteiger partial charge in [0.2, 0.25) is 0 Å². The first-order valence-electron chi connectivity index (χ1n) is 8.00. The van der Waals surface area contributed by atoms with Crippen molar-refractivity contribution in [1.29, 1.82) is 0 Å². The maximum atomic E-state index is 12.3. The number of carbonyl (C=O) groups excluding carboxylic acids is 3. The monoisotopic (exact) mass is 330 g/mol. The molecule has 1 aromatic carbocycles. The molecule has 0 aliphatic carbocycles. The second-order valence-electron chi connectivity index (χ2n) is 6.57. The Kier molecular flexibility index (Phi) is 8.66. The van der Waals surface area contributed by atoms with E-state index < -0.39 is 17.0 Å². The third-order valence-corrected chi connectivity index (χ3v) is 3.61. The largest absolute Gasteiger partial charge is 0.451 e.